The van der Waals surface area contributed by atoms with E-state index in [0.717, 1.165) is 22.0 Å². The Kier molecular flexibility index (Phi) is 6.77. The molecule has 0 bridgehead atoms. The normalized spacial score (nSPS) is 17.2. The van der Waals surface area contributed by atoms with Crippen molar-refractivity contribution in [3.8, 4) is 0 Å². The van der Waals surface area contributed by atoms with Crippen LogP contribution in [0.2, 0.25) is 5.02 Å². The summed E-state index contributed by atoms with van der Waals surface area (Å²) in [5, 5.41) is 2.19. The number of carbonyl (C=O) groups excluding carboxylic acids is 1. The van der Waals surface area contributed by atoms with E-state index in [-0.39, 0.29) is 27.5 Å². The number of thiophene rings is 1. The molecule has 1 aromatic carbocycles. The summed E-state index contributed by atoms with van der Waals surface area (Å²) in [5.74, 6) is -0.301. The van der Waals surface area contributed by atoms with Gasteiger partial charge in [0.15, 0.2) is 0 Å². The van der Waals surface area contributed by atoms with Crippen LogP contribution >= 0.6 is 22.9 Å². The Morgan fingerprint density at radius 3 is 2.71 bits per heavy atom. The van der Waals surface area contributed by atoms with Crippen LogP contribution in [0.3, 0.4) is 0 Å². The lowest BCUT2D eigenvalue weighted by atomic mass is 10.1. The highest BCUT2D eigenvalue weighted by Crippen LogP contribution is 2.26. The summed E-state index contributed by atoms with van der Waals surface area (Å²) in [4.78, 5) is 16.1. The molecular weight excluding hydrogens is 420 g/mol. The number of benzene rings is 1. The smallest absolute Gasteiger partial charge is 0.255 e. The maximum Gasteiger partial charge on any atom is 0.255 e. The lowest BCUT2D eigenvalue weighted by Crippen LogP contribution is -2.37. The molecule has 1 atom stereocenters. The molecule has 1 saturated heterocycles. The topological polar surface area (TPSA) is 66.9 Å². The summed E-state index contributed by atoms with van der Waals surface area (Å²) in [6.07, 6.45) is 1.86. The van der Waals surface area contributed by atoms with Crippen molar-refractivity contribution < 1.29 is 17.9 Å². The van der Waals surface area contributed by atoms with Gasteiger partial charge in [0, 0.05) is 32.1 Å². The van der Waals surface area contributed by atoms with Crippen LogP contribution in [-0.4, -0.2) is 56.9 Å². The van der Waals surface area contributed by atoms with Crippen molar-refractivity contribution in [2.24, 2.45) is 0 Å². The molecular formula is C19H23ClN2O4S2. The minimum atomic E-state index is -3.67. The van der Waals surface area contributed by atoms with E-state index in [9.17, 15) is 13.2 Å². The summed E-state index contributed by atoms with van der Waals surface area (Å²) in [7, 11) is -0.766. The van der Waals surface area contributed by atoms with Gasteiger partial charge in [0.05, 0.1) is 28.1 Å². The molecule has 1 unspecified atom stereocenters. The number of halogens is 1. The summed E-state index contributed by atoms with van der Waals surface area (Å²) in [5.41, 5.74) is 0.180. The van der Waals surface area contributed by atoms with Gasteiger partial charge in [-0.1, -0.05) is 17.7 Å². The zero-order valence-electron chi connectivity index (χ0n) is 15.8. The third-order valence-electron chi connectivity index (χ3n) is 4.61. The van der Waals surface area contributed by atoms with Crippen molar-refractivity contribution in [2.45, 2.75) is 30.4 Å². The molecule has 0 spiro atoms. The van der Waals surface area contributed by atoms with Gasteiger partial charge in [-0.3, -0.25) is 4.79 Å². The van der Waals surface area contributed by atoms with Gasteiger partial charge < -0.3 is 9.64 Å². The summed E-state index contributed by atoms with van der Waals surface area (Å²) in [6.45, 7) is 1.57. The molecule has 152 valence electrons. The number of ether oxygens (including phenoxy) is 1. The monoisotopic (exact) mass is 442 g/mol. The van der Waals surface area contributed by atoms with E-state index in [1.165, 1.54) is 32.3 Å². The molecule has 1 fully saturated rings. The van der Waals surface area contributed by atoms with E-state index in [2.05, 4.69) is 0 Å². The zero-order valence-corrected chi connectivity index (χ0v) is 18.2. The number of nitrogens with zero attached hydrogens (tertiary/aromatic N) is 2. The van der Waals surface area contributed by atoms with Crippen LogP contribution in [0.15, 0.2) is 40.6 Å². The number of amides is 1. The van der Waals surface area contributed by atoms with Gasteiger partial charge in [0.25, 0.3) is 5.91 Å². The Morgan fingerprint density at radius 1 is 1.32 bits per heavy atom. The third-order valence-corrected chi connectivity index (χ3v) is 7.61. The van der Waals surface area contributed by atoms with E-state index < -0.39 is 10.0 Å². The number of sulfonamides is 1. The fraction of sp³-hybridized carbons (Fsp3) is 0.421. The molecule has 0 radical (unpaired) electrons. The fourth-order valence-electron chi connectivity index (χ4n) is 3.05. The maximum absolute atomic E-state index is 13.3. The Hall–Kier alpha value is -1.45. The summed E-state index contributed by atoms with van der Waals surface area (Å²) < 4.78 is 31.7. The number of rotatable bonds is 7. The molecule has 2 aromatic rings. The first-order valence-corrected chi connectivity index (χ1v) is 11.6. The Labute approximate surface area is 174 Å². The van der Waals surface area contributed by atoms with Gasteiger partial charge in [-0.05, 0) is 42.5 Å². The second-order valence-corrected chi connectivity index (χ2v) is 10.4. The van der Waals surface area contributed by atoms with Crippen LogP contribution in [0.25, 0.3) is 0 Å². The highest BCUT2D eigenvalue weighted by molar-refractivity contribution is 7.89. The molecule has 1 amide bonds. The van der Waals surface area contributed by atoms with Gasteiger partial charge in [-0.15, -0.1) is 11.3 Å². The molecule has 9 heteroatoms. The average Bonchev–Trinajstić information content (AvgIpc) is 3.34. The predicted molar refractivity (Wildman–Crippen MR) is 110 cm³/mol. The van der Waals surface area contributed by atoms with Crippen LogP contribution < -0.4 is 0 Å². The van der Waals surface area contributed by atoms with E-state index in [0.29, 0.717) is 19.7 Å². The molecule has 3 rings (SSSR count). The quantitative estimate of drug-likeness (QED) is 0.658. The zero-order chi connectivity index (χ0) is 20.3. The van der Waals surface area contributed by atoms with Crippen molar-refractivity contribution in [1.29, 1.82) is 0 Å². The lowest BCUT2D eigenvalue weighted by Gasteiger charge is -2.26. The molecule has 1 aliphatic rings. The van der Waals surface area contributed by atoms with Crippen molar-refractivity contribution in [3.05, 3.63) is 51.2 Å². The molecule has 0 aliphatic carbocycles. The molecule has 0 N–H and O–H groups in total. The Balaban J connectivity index is 1.92. The minimum Gasteiger partial charge on any atom is -0.376 e. The molecule has 1 aromatic heterocycles. The Bertz CT molecular complexity index is 923. The lowest BCUT2D eigenvalue weighted by molar-refractivity contribution is 0.0509. The molecule has 0 saturated carbocycles. The van der Waals surface area contributed by atoms with Crippen molar-refractivity contribution in [3.63, 3.8) is 0 Å². The third kappa shape index (κ3) is 4.75. The second kappa shape index (κ2) is 8.92. The predicted octanol–water partition coefficient (Wildman–Crippen LogP) is 3.47. The van der Waals surface area contributed by atoms with Gasteiger partial charge in [-0.25, -0.2) is 12.7 Å². The van der Waals surface area contributed by atoms with E-state index in [4.69, 9.17) is 16.3 Å². The van der Waals surface area contributed by atoms with Crippen molar-refractivity contribution >= 4 is 38.9 Å². The first kappa shape index (κ1) is 21.3. The first-order valence-electron chi connectivity index (χ1n) is 8.94. The number of hydrogen-bond acceptors (Lipinski definition) is 5. The highest BCUT2D eigenvalue weighted by Gasteiger charge is 2.27. The van der Waals surface area contributed by atoms with Gasteiger partial charge in [-0.2, -0.15) is 0 Å². The fourth-order valence-corrected chi connectivity index (χ4v) is 4.90. The van der Waals surface area contributed by atoms with Crippen LogP contribution in [0.1, 0.15) is 28.1 Å². The summed E-state index contributed by atoms with van der Waals surface area (Å²) >= 11 is 7.85. The average molecular weight is 443 g/mol. The van der Waals surface area contributed by atoms with E-state index in [1.807, 2.05) is 17.5 Å². The second-order valence-electron chi connectivity index (χ2n) is 6.83. The van der Waals surface area contributed by atoms with Crippen molar-refractivity contribution in [2.75, 3.05) is 27.2 Å². The Morgan fingerprint density at radius 2 is 2.11 bits per heavy atom. The van der Waals surface area contributed by atoms with Gasteiger partial charge in [0.2, 0.25) is 10.0 Å². The van der Waals surface area contributed by atoms with E-state index in [1.54, 1.807) is 16.2 Å². The number of hydrogen-bond donors (Lipinski definition) is 0. The van der Waals surface area contributed by atoms with Crippen LogP contribution in [-0.2, 0) is 21.3 Å². The summed E-state index contributed by atoms with van der Waals surface area (Å²) in [6, 6.07) is 8.14. The molecule has 2 heterocycles. The standard InChI is InChI=1S/C19H23ClN2O4S2/c1-21(2)28(24,25)16-7-8-18(20)17(11-16)19(23)22(12-14-5-3-9-26-14)13-15-6-4-10-27-15/h4,6-8,10-11,14H,3,5,9,12-13H2,1-2H3. The molecule has 28 heavy (non-hydrogen) atoms. The first-order chi connectivity index (χ1) is 13.3. The SMILES string of the molecule is CN(C)S(=O)(=O)c1ccc(Cl)c(C(=O)N(Cc2cccs2)CC2CCCO2)c1. The van der Waals surface area contributed by atoms with Crippen LogP contribution in [0.5, 0.6) is 0 Å². The van der Waals surface area contributed by atoms with Gasteiger partial charge >= 0.3 is 0 Å². The maximum atomic E-state index is 13.3. The number of carbonyl (C=O) groups is 1. The largest absolute Gasteiger partial charge is 0.376 e. The van der Waals surface area contributed by atoms with Crippen molar-refractivity contribution in [1.82, 2.24) is 9.21 Å². The highest BCUT2D eigenvalue weighted by atomic mass is 35.5. The van der Waals surface area contributed by atoms with E-state index >= 15 is 0 Å². The van der Waals surface area contributed by atoms with Crippen LogP contribution in [0, 0.1) is 0 Å². The van der Waals surface area contributed by atoms with Gasteiger partial charge in [0.1, 0.15) is 0 Å². The molecule has 1 aliphatic heterocycles. The van der Waals surface area contributed by atoms with Crippen LogP contribution in [0.4, 0.5) is 0 Å². The molecule has 6 nitrogen and oxygen atoms in total. The minimum absolute atomic E-state index is 0.0172.